The Morgan fingerprint density at radius 3 is 2.70 bits per heavy atom. The summed E-state index contributed by atoms with van der Waals surface area (Å²) in [6.07, 6.45) is 5.73. The van der Waals surface area contributed by atoms with Gasteiger partial charge in [-0.15, -0.1) is 22.6 Å². The summed E-state index contributed by atoms with van der Waals surface area (Å²) in [5.74, 6) is 0.161. The van der Waals surface area contributed by atoms with Gasteiger partial charge in [-0.2, -0.15) is 10.1 Å². The summed E-state index contributed by atoms with van der Waals surface area (Å²) in [6.45, 7) is 2.08. The van der Waals surface area contributed by atoms with E-state index in [1.165, 1.54) is 0 Å². The first-order valence-electron chi connectivity index (χ1n) is 9.59. The van der Waals surface area contributed by atoms with E-state index in [-0.39, 0.29) is 18.2 Å². The minimum absolute atomic E-state index is 0. The Morgan fingerprint density at radius 2 is 1.97 bits per heavy atom. The lowest BCUT2D eigenvalue weighted by Gasteiger charge is -2.31. The summed E-state index contributed by atoms with van der Waals surface area (Å²) in [7, 11) is 2.10. The predicted molar refractivity (Wildman–Crippen MR) is 121 cm³/mol. The smallest absolute Gasteiger partial charge is 0.194 e. The Labute approximate surface area is 183 Å². The SMILES string of the molecule is CN(c1nc2nnc(-c3ccc(-c4cn[nH]c4)cc3O)cc2s1)C1CCNCC1.Cl. The zero-order valence-corrected chi connectivity index (χ0v) is 18.0. The number of hydrogen-bond donors (Lipinski definition) is 3. The van der Waals surface area contributed by atoms with Crippen molar-refractivity contribution in [2.24, 2.45) is 0 Å². The number of aromatic amines is 1. The molecule has 4 aromatic rings. The van der Waals surface area contributed by atoms with Crippen LogP contribution in [0.1, 0.15) is 12.8 Å². The summed E-state index contributed by atoms with van der Waals surface area (Å²) in [4.78, 5) is 6.92. The van der Waals surface area contributed by atoms with Crippen LogP contribution in [0.5, 0.6) is 5.75 Å². The predicted octanol–water partition coefficient (Wildman–Crippen LogP) is 3.46. The van der Waals surface area contributed by atoms with Crippen molar-refractivity contribution < 1.29 is 5.11 Å². The van der Waals surface area contributed by atoms with Crippen molar-refractivity contribution in [3.8, 4) is 28.1 Å². The van der Waals surface area contributed by atoms with Crippen molar-refractivity contribution in [3.05, 3.63) is 36.7 Å². The van der Waals surface area contributed by atoms with E-state index in [9.17, 15) is 5.11 Å². The number of fused-ring (bicyclic) bond motifs is 1. The van der Waals surface area contributed by atoms with Crippen LogP contribution in [0, 0.1) is 0 Å². The van der Waals surface area contributed by atoms with E-state index in [2.05, 4.69) is 42.6 Å². The Balaban J connectivity index is 0.00000218. The fourth-order valence-electron chi connectivity index (χ4n) is 3.70. The lowest BCUT2D eigenvalue weighted by atomic mass is 10.0. The van der Waals surface area contributed by atoms with Crippen molar-refractivity contribution in [1.29, 1.82) is 0 Å². The number of phenolic OH excluding ortho intramolecular Hbond substituents is 1. The average molecular weight is 444 g/mol. The maximum absolute atomic E-state index is 10.6. The lowest BCUT2D eigenvalue weighted by molar-refractivity contribution is 0.443. The number of phenols is 1. The highest BCUT2D eigenvalue weighted by atomic mass is 35.5. The number of anilines is 1. The molecule has 3 N–H and O–H groups in total. The topological polar surface area (TPSA) is 103 Å². The van der Waals surface area contributed by atoms with Crippen LogP contribution < -0.4 is 10.2 Å². The molecule has 0 bridgehead atoms. The third-order valence-electron chi connectivity index (χ3n) is 5.41. The van der Waals surface area contributed by atoms with Crippen LogP contribution in [0.15, 0.2) is 36.7 Å². The molecule has 30 heavy (non-hydrogen) atoms. The summed E-state index contributed by atoms with van der Waals surface area (Å²) >= 11 is 1.61. The van der Waals surface area contributed by atoms with Crippen molar-refractivity contribution >= 4 is 39.2 Å². The molecule has 1 aromatic carbocycles. The molecule has 1 saturated heterocycles. The van der Waals surface area contributed by atoms with Crippen LogP contribution in [-0.4, -0.2) is 56.7 Å². The molecule has 156 valence electrons. The monoisotopic (exact) mass is 443 g/mol. The molecular weight excluding hydrogens is 422 g/mol. The maximum atomic E-state index is 10.6. The molecule has 4 heterocycles. The molecule has 0 atom stereocenters. The fraction of sp³-hybridized carbons (Fsp3) is 0.300. The number of H-pyrrole nitrogens is 1. The number of nitrogens with zero attached hydrogens (tertiary/aromatic N) is 5. The van der Waals surface area contributed by atoms with Gasteiger partial charge >= 0.3 is 0 Å². The number of rotatable bonds is 4. The molecule has 0 spiro atoms. The molecule has 10 heteroatoms. The highest BCUT2D eigenvalue weighted by molar-refractivity contribution is 7.22. The number of halogens is 1. The first-order chi connectivity index (χ1) is 14.2. The summed E-state index contributed by atoms with van der Waals surface area (Å²) in [5.41, 5.74) is 3.73. The van der Waals surface area contributed by atoms with E-state index in [1.54, 1.807) is 29.8 Å². The fourth-order valence-corrected chi connectivity index (χ4v) is 4.67. The summed E-state index contributed by atoms with van der Waals surface area (Å²) in [6, 6.07) is 7.95. The molecule has 1 fully saturated rings. The molecule has 8 nitrogen and oxygen atoms in total. The molecule has 0 aliphatic carbocycles. The van der Waals surface area contributed by atoms with E-state index in [0.717, 1.165) is 46.9 Å². The van der Waals surface area contributed by atoms with Gasteiger partial charge in [-0.25, -0.2) is 0 Å². The van der Waals surface area contributed by atoms with Gasteiger partial charge in [-0.1, -0.05) is 17.4 Å². The van der Waals surface area contributed by atoms with Gasteiger partial charge in [0, 0.05) is 30.4 Å². The van der Waals surface area contributed by atoms with Gasteiger partial charge in [0.1, 0.15) is 5.75 Å². The first kappa shape index (κ1) is 20.5. The van der Waals surface area contributed by atoms with E-state index in [4.69, 9.17) is 0 Å². The Bertz CT molecular complexity index is 1140. The zero-order chi connectivity index (χ0) is 19.8. The minimum atomic E-state index is 0. The summed E-state index contributed by atoms with van der Waals surface area (Å²) < 4.78 is 0.962. The molecule has 1 aliphatic rings. The van der Waals surface area contributed by atoms with E-state index >= 15 is 0 Å². The molecular formula is C20H22ClN7OS. The Morgan fingerprint density at radius 1 is 1.13 bits per heavy atom. The number of thiazole rings is 1. The Kier molecular flexibility index (Phi) is 5.85. The highest BCUT2D eigenvalue weighted by Crippen LogP contribution is 2.35. The largest absolute Gasteiger partial charge is 0.507 e. The van der Waals surface area contributed by atoms with E-state index < -0.39 is 0 Å². The lowest BCUT2D eigenvalue weighted by Crippen LogP contribution is -2.41. The molecule has 0 saturated carbocycles. The van der Waals surface area contributed by atoms with Crippen LogP contribution in [0.2, 0.25) is 0 Å². The third kappa shape index (κ3) is 3.83. The molecule has 3 aromatic heterocycles. The normalized spacial score (nSPS) is 14.6. The van der Waals surface area contributed by atoms with Crippen LogP contribution in [0.25, 0.3) is 32.7 Å². The van der Waals surface area contributed by atoms with Crippen LogP contribution in [0.3, 0.4) is 0 Å². The Hall–Kier alpha value is -2.75. The second-order valence-corrected chi connectivity index (χ2v) is 8.23. The molecule has 5 rings (SSSR count). The number of aromatic nitrogens is 5. The molecule has 1 aliphatic heterocycles. The minimum Gasteiger partial charge on any atom is -0.507 e. The van der Waals surface area contributed by atoms with Crippen molar-refractivity contribution in [1.82, 2.24) is 30.7 Å². The van der Waals surface area contributed by atoms with E-state index in [0.29, 0.717) is 22.9 Å². The molecule has 0 radical (unpaired) electrons. The zero-order valence-electron chi connectivity index (χ0n) is 16.4. The van der Waals surface area contributed by atoms with Gasteiger partial charge in [-0.05, 0) is 49.7 Å². The van der Waals surface area contributed by atoms with Gasteiger partial charge in [-0.3, -0.25) is 5.10 Å². The average Bonchev–Trinajstić information content (AvgIpc) is 3.43. The van der Waals surface area contributed by atoms with Crippen LogP contribution >= 0.6 is 23.7 Å². The second kappa shape index (κ2) is 8.55. The first-order valence-corrected chi connectivity index (χ1v) is 10.4. The molecule has 0 amide bonds. The van der Waals surface area contributed by atoms with Gasteiger partial charge in [0.2, 0.25) is 0 Å². The van der Waals surface area contributed by atoms with E-state index in [1.807, 2.05) is 18.2 Å². The van der Waals surface area contributed by atoms with Gasteiger partial charge in [0.05, 0.1) is 16.6 Å². The number of nitrogens with one attached hydrogen (secondary N) is 2. The third-order valence-corrected chi connectivity index (χ3v) is 6.49. The standard InChI is InChI=1S/C20H21N7OS.ClH/c1-27(14-4-6-21-7-5-14)20-24-19-18(29-20)9-16(25-26-19)15-3-2-12(8-17(15)28)13-10-22-23-11-13;/h2-3,8-11,14,21,28H,4-7H2,1H3,(H,22,23);1H. The number of benzene rings is 1. The summed E-state index contributed by atoms with van der Waals surface area (Å²) in [5, 5.41) is 30.2. The quantitative estimate of drug-likeness (QED) is 0.443. The maximum Gasteiger partial charge on any atom is 0.194 e. The van der Waals surface area contributed by atoms with Gasteiger partial charge < -0.3 is 15.3 Å². The van der Waals surface area contributed by atoms with Gasteiger partial charge in [0.15, 0.2) is 10.8 Å². The van der Waals surface area contributed by atoms with Crippen molar-refractivity contribution in [2.45, 2.75) is 18.9 Å². The van der Waals surface area contributed by atoms with Gasteiger partial charge in [0.25, 0.3) is 0 Å². The molecule has 0 unspecified atom stereocenters. The number of piperidine rings is 1. The van der Waals surface area contributed by atoms with Crippen molar-refractivity contribution in [2.75, 3.05) is 25.0 Å². The van der Waals surface area contributed by atoms with Crippen LogP contribution in [0.4, 0.5) is 5.13 Å². The number of aromatic hydroxyl groups is 1. The van der Waals surface area contributed by atoms with Crippen LogP contribution in [-0.2, 0) is 0 Å². The number of hydrogen-bond acceptors (Lipinski definition) is 8. The second-order valence-electron chi connectivity index (χ2n) is 7.22. The highest BCUT2D eigenvalue weighted by Gasteiger charge is 2.21. The van der Waals surface area contributed by atoms with Crippen molar-refractivity contribution in [3.63, 3.8) is 0 Å².